The number of nitrogens with zero attached hydrogens (tertiary/aromatic N) is 5. The van der Waals surface area contributed by atoms with Gasteiger partial charge in [0.15, 0.2) is 5.82 Å². The summed E-state index contributed by atoms with van der Waals surface area (Å²) in [7, 11) is 0. The smallest absolute Gasteiger partial charge is 0.240 e. The number of piperazine rings is 1. The lowest BCUT2D eigenvalue weighted by molar-refractivity contribution is 0.0426. The molecular formula is C23H31N5O3S. The van der Waals surface area contributed by atoms with Crippen LogP contribution in [0.15, 0.2) is 22.7 Å². The van der Waals surface area contributed by atoms with Gasteiger partial charge in [-0.05, 0) is 31.9 Å². The van der Waals surface area contributed by atoms with Crippen molar-refractivity contribution in [2.24, 2.45) is 0 Å². The molecule has 0 radical (unpaired) electrons. The minimum atomic E-state index is -0.528. The average molecular weight is 458 g/mol. The Labute approximate surface area is 192 Å². The van der Waals surface area contributed by atoms with Gasteiger partial charge in [0.25, 0.3) is 0 Å². The molecule has 2 aromatic heterocycles. The maximum Gasteiger partial charge on any atom is 0.240 e. The van der Waals surface area contributed by atoms with E-state index in [-0.39, 0.29) is 6.61 Å². The van der Waals surface area contributed by atoms with E-state index in [9.17, 15) is 5.11 Å². The summed E-state index contributed by atoms with van der Waals surface area (Å²) in [6.45, 7) is 7.26. The molecule has 1 aromatic carbocycles. The van der Waals surface area contributed by atoms with Crippen LogP contribution in [0.4, 0.5) is 0 Å². The highest BCUT2D eigenvalue weighted by Gasteiger charge is 2.24. The number of aliphatic hydroxyl groups excluding tert-OH is 1. The number of fused-ring (bicyclic) bond motifs is 1. The Morgan fingerprint density at radius 3 is 2.75 bits per heavy atom. The normalized spacial score (nSPS) is 19.7. The third-order valence-corrected chi connectivity index (χ3v) is 7.36. The molecule has 172 valence electrons. The summed E-state index contributed by atoms with van der Waals surface area (Å²) in [6, 6.07) is 5.92. The maximum atomic E-state index is 10.5. The molecule has 0 amide bonds. The SMILES string of the molecule is Cc1nc2cc(OC[C@@H](O)CN3CCN(Cc4nc(C5CCCC5)no4)CC3)ccc2s1. The van der Waals surface area contributed by atoms with Gasteiger partial charge in [0, 0.05) is 44.7 Å². The Morgan fingerprint density at radius 2 is 1.94 bits per heavy atom. The topological polar surface area (TPSA) is 87.8 Å². The molecule has 32 heavy (non-hydrogen) atoms. The molecule has 1 saturated carbocycles. The van der Waals surface area contributed by atoms with Gasteiger partial charge in [-0.1, -0.05) is 18.0 Å². The number of aromatic nitrogens is 3. The first-order valence-electron chi connectivity index (χ1n) is 11.6. The van der Waals surface area contributed by atoms with Gasteiger partial charge in [0.1, 0.15) is 18.5 Å². The molecule has 8 nitrogen and oxygen atoms in total. The Balaban J connectivity index is 1.04. The highest BCUT2D eigenvalue weighted by molar-refractivity contribution is 7.18. The van der Waals surface area contributed by atoms with Crippen molar-refractivity contribution in [2.45, 2.75) is 51.2 Å². The van der Waals surface area contributed by atoms with Crippen molar-refractivity contribution in [3.63, 3.8) is 0 Å². The van der Waals surface area contributed by atoms with Gasteiger partial charge in [-0.15, -0.1) is 11.3 Å². The second kappa shape index (κ2) is 9.82. The van der Waals surface area contributed by atoms with Gasteiger partial charge >= 0.3 is 0 Å². The highest BCUT2D eigenvalue weighted by atomic mass is 32.1. The molecule has 9 heteroatoms. The first-order valence-corrected chi connectivity index (χ1v) is 12.4. The summed E-state index contributed by atoms with van der Waals surface area (Å²) < 4.78 is 12.5. The summed E-state index contributed by atoms with van der Waals surface area (Å²) in [5.74, 6) is 2.85. The van der Waals surface area contributed by atoms with Crippen LogP contribution in [0.3, 0.4) is 0 Å². The van der Waals surface area contributed by atoms with Crippen LogP contribution in [-0.4, -0.2) is 75.5 Å². The van der Waals surface area contributed by atoms with Crippen LogP contribution in [-0.2, 0) is 6.54 Å². The lowest BCUT2D eigenvalue weighted by atomic mass is 10.1. The Hall–Kier alpha value is -2.07. The molecule has 0 bridgehead atoms. The summed E-state index contributed by atoms with van der Waals surface area (Å²) in [6.07, 6.45) is 4.38. The average Bonchev–Trinajstić information content (AvgIpc) is 3.53. The molecule has 5 rings (SSSR count). The minimum Gasteiger partial charge on any atom is -0.491 e. The lowest BCUT2D eigenvalue weighted by Gasteiger charge is -2.34. The highest BCUT2D eigenvalue weighted by Crippen LogP contribution is 2.32. The molecular weight excluding hydrogens is 426 g/mol. The molecule has 3 heterocycles. The number of hydrogen-bond donors (Lipinski definition) is 1. The van der Waals surface area contributed by atoms with Crippen LogP contribution in [0.5, 0.6) is 5.75 Å². The van der Waals surface area contributed by atoms with E-state index >= 15 is 0 Å². The fourth-order valence-electron chi connectivity index (χ4n) is 4.66. The summed E-state index contributed by atoms with van der Waals surface area (Å²) in [4.78, 5) is 13.8. The van der Waals surface area contributed by atoms with Crippen molar-refractivity contribution in [1.82, 2.24) is 24.9 Å². The molecule has 1 aliphatic carbocycles. The van der Waals surface area contributed by atoms with Crippen molar-refractivity contribution in [3.8, 4) is 5.75 Å². The maximum absolute atomic E-state index is 10.5. The Bertz CT molecular complexity index is 1020. The molecule has 1 atom stereocenters. The quantitative estimate of drug-likeness (QED) is 0.552. The van der Waals surface area contributed by atoms with E-state index in [0.717, 1.165) is 58.9 Å². The van der Waals surface area contributed by atoms with Crippen LogP contribution >= 0.6 is 11.3 Å². The van der Waals surface area contributed by atoms with Crippen LogP contribution in [0.1, 0.15) is 48.3 Å². The van der Waals surface area contributed by atoms with E-state index in [0.29, 0.717) is 19.0 Å². The fourth-order valence-corrected chi connectivity index (χ4v) is 5.47. The zero-order valence-corrected chi connectivity index (χ0v) is 19.4. The van der Waals surface area contributed by atoms with E-state index in [1.807, 2.05) is 25.1 Å². The molecule has 0 spiro atoms. The van der Waals surface area contributed by atoms with Crippen LogP contribution in [0.2, 0.25) is 0 Å². The molecule has 2 aliphatic rings. The van der Waals surface area contributed by atoms with Gasteiger partial charge in [-0.3, -0.25) is 9.80 Å². The number of rotatable bonds is 8. The zero-order chi connectivity index (χ0) is 21.9. The first kappa shape index (κ1) is 21.8. The standard InChI is InChI=1S/C23H31N5O3S/c1-16-24-20-12-19(6-7-21(20)32-16)30-15-18(29)13-27-8-10-28(11-9-27)14-22-25-23(26-31-22)17-4-2-3-5-17/h6-7,12,17-18,29H,2-5,8-11,13-15H2,1H3/t18-/m0/s1. The van der Waals surface area contributed by atoms with E-state index in [4.69, 9.17) is 9.26 Å². The number of β-amino-alcohol motifs (C(OH)–C–C–N with tert-alkyl or cyclic N) is 1. The van der Waals surface area contributed by atoms with Crippen molar-refractivity contribution < 1.29 is 14.4 Å². The lowest BCUT2D eigenvalue weighted by Crippen LogP contribution is -2.48. The largest absolute Gasteiger partial charge is 0.491 e. The van der Waals surface area contributed by atoms with Gasteiger partial charge in [-0.25, -0.2) is 4.98 Å². The van der Waals surface area contributed by atoms with Crippen LogP contribution in [0.25, 0.3) is 10.2 Å². The van der Waals surface area contributed by atoms with E-state index in [2.05, 4.69) is 24.9 Å². The number of hydrogen-bond acceptors (Lipinski definition) is 9. The fraction of sp³-hybridized carbons (Fsp3) is 0.609. The van der Waals surface area contributed by atoms with Crippen LogP contribution in [0, 0.1) is 6.92 Å². The number of ether oxygens (including phenoxy) is 1. The summed E-state index contributed by atoms with van der Waals surface area (Å²) in [5, 5.41) is 15.7. The van der Waals surface area contributed by atoms with Gasteiger partial charge in [0.05, 0.1) is 21.8 Å². The molecule has 1 aliphatic heterocycles. The third kappa shape index (κ3) is 5.28. The van der Waals surface area contributed by atoms with Gasteiger partial charge in [-0.2, -0.15) is 4.98 Å². The van der Waals surface area contributed by atoms with E-state index < -0.39 is 6.10 Å². The molecule has 1 saturated heterocycles. The summed E-state index contributed by atoms with van der Waals surface area (Å²) in [5.41, 5.74) is 0.951. The van der Waals surface area contributed by atoms with E-state index in [1.165, 1.54) is 25.7 Å². The monoisotopic (exact) mass is 457 g/mol. The first-order chi connectivity index (χ1) is 15.6. The molecule has 3 aromatic rings. The summed E-state index contributed by atoms with van der Waals surface area (Å²) >= 11 is 1.68. The molecule has 1 N–H and O–H groups in total. The van der Waals surface area contributed by atoms with Crippen molar-refractivity contribution in [1.29, 1.82) is 0 Å². The predicted molar refractivity (Wildman–Crippen MR) is 123 cm³/mol. The van der Waals surface area contributed by atoms with Crippen LogP contribution < -0.4 is 4.74 Å². The second-order valence-corrected chi connectivity index (χ2v) is 10.2. The zero-order valence-electron chi connectivity index (χ0n) is 18.6. The Morgan fingerprint density at radius 1 is 1.16 bits per heavy atom. The predicted octanol–water partition coefficient (Wildman–Crippen LogP) is 3.20. The second-order valence-electron chi connectivity index (χ2n) is 8.93. The molecule has 2 fully saturated rings. The van der Waals surface area contributed by atoms with E-state index in [1.54, 1.807) is 11.3 Å². The van der Waals surface area contributed by atoms with Gasteiger partial charge in [0.2, 0.25) is 5.89 Å². The van der Waals surface area contributed by atoms with Crippen molar-refractivity contribution in [3.05, 3.63) is 34.9 Å². The third-order valence-electron chi connectivity index (χ3n) is 6.41. The number of aryl methyl sites for hydroxylation is 1. The molecule has 0 unspecified atom stereocenters. The Kier molecular flexibility index (Phi) is 6.68. The minimum absolute atomic E-state index is 0.279. The number of benzene rings is 1. The number of thiazole rings is 1. The van der Waals surface area contributed by atoms with Crippen molar-refractivity contribution in [2.75, 3.05) is 39.3 Å². The number of aliphatic hydroxyl groups is 1. The van der Waals surface area contributed by atoms with Crippen molar-refractivity contribution >= 4 is 21.6 Å². The van der Waals surface area contributed by atoms with Gasteiger partial charge < -0.3 is 14.4 Å².